The third-order valence-corrected chi connectivity index (χ3v) is 4.57. The molecule has 2 heterocycles. The minimum Gasteiger partial charge on any atom is -0.323 e. The van der Waals surface area contributed by atoms with E-state index >= 15 is 0 Å². The summed E-state index contributed by atoms with van der Waals surface area (Å²) in [7, 11) is 0. The number of nitrogens with one attached hydrogen (secondary N) is 1. The molecule has 1 aliphatic heterocycles. The van der Waals surface area contributed by atoms with Gasteiger partial charge in [0.05, 0.1) is 11.4 Å². The number of imide groups is 1. The summed E-state index contributed by atoms with van der Waals surface area (Å²) in [6.45, 7) is -0.906. The first-order valence-electron chi connectivity index (χ1n) is 8.87. The molecule has 4 rings (SSSR count). The average molecular weight is 422 g/mol. The lowest BCUT2D eigenvalue weighted by atomic mass is 9.95. The van der Waals surface area contributed by atoms with Crippen LogP contribution in [0, 0.1) is 11.3 Å². The van der Waals surface area contributed by atoms with Crippen LogP contribution in [0.15, 0.2) is 54.9 Å². The number of rotatable bonds is 4. The number of aromatic nitrogens is 3. The van der Waals surface area contributed by atoms with Crippen LogP contribution in [0.1, 0.15) is 21.7 Å². The maximum absolute atomic E-state index is 14.5. The molecular weight excluding hydrogens is 410 g/mol. The molecule has 1 N–H and O–H groups in total. The summed E-state index contributed by atoms with van der Waals surface area (Å²) < 4.78 is 30.2. The van der Waals surface area contributed by atoms with Gasteiger partial charge in [0.15, 0.2) is 0 Å². The fourth-order valence-corrected chi connectivity index (χ4v) is 3.15. The predicted molar refractivity (Wildman–Crippen MR) is 101 cm³/mol. The van der Waals surface area contributed by atoms with E-state index in [1.165, 1.54) is 35.3 Å². The molecule has 0 fully saturated rings. The fourth-order valence-electron chi connectivity index (χ4n) is 3.15. The minimum absolute atomic E-state index is 0.0912. The van der Waals surface area contributed by atoms with E-state index in [2.05, 4.69) is 15.4 Å². The van der Waals surface area contributed by atoms with Gasteiger partial charge >= 0.3 is 11.8 Å². The van der Waals surface area contributed by atoms with Crippen LogP contribution in [0.3, 0.4) is 0 Å². The standard InChI is InChI=1S/C20H12F2N6O3/c21-20(22)13-6-2-1-5-12(13)18(30)27(19(20)31)10-17(29)25-14-7-3-4-8-15(14)28-11-24-16(9-23)26-28/h1-8,11H,10H2,(H,25,29). The lowest BCUT2D eigenvalue weighted by Crippen LogP contribution is -2.52. The quantitative estimate of drug-likeness (QED) is 0.641. The molecule has 0 bridgehead atoms. The minimum atomic E-state index is -3.93. The largest absolute Gasteiger partial charge is 0.351 e. The summed E-state index contributed by atoms with van der Waals surface area (Å²) in [4.78, 5) is 41.4. The number of anilines is 1. The number of hydrogen-bond donors (Lipinski definition) is 1. The van der Waals surface area contributed by atoms with E-state index in [-0.39, 0.29) is 22.0 Å². The van der Waals surface area contributed by atoms with Crippen LogP contribution in [0.2, 0.25) is 0 Å². The third kappa shape index (κ3) is 3.40. The van der Waals surface area contributed by atoms with Crippen molar-refractivity contribution < 1.29 is 23.2 Å². The first-order chi connectivity index (χ1) is 14.8. The van der Waals surface area contributed by atoms with E-state index < -0.39 is 35.8 Å². The van der Waals surface area contributed by atoms with Gasteiger partial charge in [0.1, 0.15) is 18.9 Å². The zero-order chi connectivity index (χ0) is 22.2. The lowest BCUT2D eigenvalue weighted by Gasteiger charge is -2.31. The number of fused-ring (bicyclic) bond motifs is 1. The van der Waals surface area contributed by atoms with E-state index in [1.54, 1.807) is 24.3 Å². The maximum Gasteiger partial charge on any atom is 0.351 e. The second-order valence-corrected chi connectivity index (χ2v) is 6.51. The van der Waals surface area contributed by atoms with Gasteiger partial charge in [0.2, 0.25) is 5.91 Å². The van der Waals surface area contributed by atoms with Gasteiger partial charge < -0.3 is 5.32 Å². The molecule has 0 saturated heterocycles. The van der Waals surface area contributed by atoms with Crippen LogP contribution >= 0.6 is 0 Å². The molecule has 31 heavy (non-hydrogen) atoms. The normalized spacial score (nSPS) is 14.7. The van der Waals surface area contributed by atoms with Crippen molar-refractivity contribution in [1.82, 2.24) is 19.7 Å². The summed E-state index contributed by atoms with van der Waals surface area (Å²) in [5, 5.41) is 15.3. The van der Waals surface area contributed by atoms with Gasteiger partial charge in [0.25, 0.3) is 11.7 Å². The highest BCUT2D eigenvalue weighted by Crippen LogP contribution is 2.37. The van der Waals surface area contributed by atoms with Crippen LogP contribution in [0.5, 0.6) is 0 Å². The number of hydrogen-bond acceptors (Lipinski definition) is 6. The van der Waals surface area contributed by atoms with Gasteiger partial charge in [-0.3, -0.25) is 19.3 Å². The second-order valence-electron chi connectivity index (χ2n) is 6.51. The topological polar surface area (TPSA) is 121 Å². The first-order valence-corrected chi connectivity index (χ1v) is 8.87. The van der Waals surface area contributed by atoms with Gasteiger partial charge in [0, 0.05) is 11.1 Å². The highest BCUT2D eigenvalue weighted by Gasteiger charge is 2.52. The number of nitrogens with zero attached hydrogens (tertiary/aromatic N) is 5. The lowest BCUT2D eigenvalue weighted by molar-refractivity contribution is -0.158. The van der Waals surface area contributed by atoms with Crippen molar-refractivity contribution in [3.63, 3.8) is 0 Å². The zero-order valence-electron chi connectivity index (χ0n) is 15.6. The van der Waals surface area contributed by atoms with Crippen molar-refractivity contribution in [2.24, 2.45) is 0 Å². The van der Waals surface area contributed by atoms with Crippen molar-refractivity contribution >= 4 is 23.4 Å². The Morgan fingerprint density at radius 1 is 1.13 bits per heavy atom. The van der Waals surface area contributed by atoms with Crippen molar-refractivity contribution in [3.8, 4) is 11.8 Å². The molecule has 3 amide bonds. The number of benzene rings is 2. The summed E-state index contributed by atoms with van der Waals surface area (Å²) in [6.07, 6.45) is 1.26. The Balaban J connectivity index is 1.59. The van der Waals surface area contributed by atoms with Crippen LogP contribution < -0.4 is 5.32 Å². The Kier molecular flexibility index (Phi) is 4.75. The number of carbonyl (C=O) groups is 3. The molecule has 2 aromatic carbocycles. The van der Waals surface area contributed by atoms with Gasteiger partial charge in [-0.25, -0.2) is 9.67 Å². The molecule has 1 aliphatic rings. The summed E-state index contributed by atoms with van der Waals surface area (Å²) in [5.41, 5.74) is -0.471. The van der Waals surface area contributed by atoms with Crippen LogP contribution in [-0.4, -0.2) is 43.9 Å². The van der Waals surface area contributed by atoms with E-state index in [9.17, 15) is 23.2 Å². The number of alkyl halides is 2. The monoisotopic (exact) mass is 422 g/mol. The number of carbonyl (C=O) groups excluding carboxylic acids is 3. The molecule has 0 spiro atoms. The average Bonchev–Trinajstić information content (AvgIpc) is 3.25. The third-order valence-electron chi connectivity index (χ3n) is 4.57. The molecule has 0 saturated carbocycles. The van der Waals surface area contributed by atoms with Gasteiger partial charge in [-0.2, -0.15) is 14.0 Å². The van der Waals surface area contributed by atoms with E-state index in [0.717, 1.165) is 6.07 Å². The highest BCUT2D eigenvalue weighted by atomic mass is 19.3. The Labute approximate surface area is 173 Å². The van der Waals surface area contributed by atoms with Gasteiger partial charge in [-0.05, 0) is 18.2 Å². The Bertz CT molecular complexity index is 1260. The smallest absolute Gasteiger partial charge is 0.323 e. The van der Waals surface area contributed by atoms with Gasteiger partial charge in [-0.15, -0.1) is 5.10 Å². The van der Waals surface area contributed by atoms with E-state index in [1.807, 2.05) is 0 Å². The van der Waals surface area contributed by atoms with E-state index in [4.69, 9.17) is 5.26 Å². The van der Waals surface area contributed by atoms with Crippen molar-refractivity contribution in [1.29, 1.82) is 5.26 Å². The number of amides is 3. The molecular formula is C20H12F2N6O3. The Morgan fingerprint density at radius 3 is 2.58 bits per heavy atom. The fraction of sp³-hybridized carbons (Fsp3) is 0.100. The molecule has 0 radical (unpaired) electrons. The molecule has 0 atom stereocenters. The summed E-state index contributed by atoms with van der Waals surface area (Å²) >= 11 is 0. The number of para-hydroxylation sites is 2. The number of halogens is 2. The molecule has 154 valence electrons. The first kappa shape index (κ1) is 19.8. The maximum atomic E-state index is 14.5. The van der Waals surface area contributed by atoms with Crippen molar-refractivity contribution in [3.05, 3.63) is 71.8 Å². The molecule has 0 aliphatic carbocycles. The zero-order valence-corrected chi connectivity index (χ0v) is 15.6. The van der Waals surface area contributed by atoms with Crippen molar-refractivity contribution in [2.45, 2.75) is 5.92 Å². The molecule has 9 nitrogen and oxygen atoms in total. The van der Waals surface area contributed by atoms with E-state index in [0.29, 0.717) is 5.69 Å². The predicted octanol–water partition coefficient (Wildman–Crippen LogP) is 1.85. The van der Waals surface area contributed by atoms with Gasteiger partial charge in [-0.1, -0.05) is 30.3 Å². The summed E-state index contributed by atoms with van der Waals surface area (Å²) in [6, 6.07) is 13.0. The van der Waals surface area contributed by atoms with Crippen molar-refractivity contribution in [2.75, 3.05) is 11.9 Å². The summed E-state index contributed by atoms with van der Waals surface area (Å²) in [5.74, 6) is -7.65. The highest BCUT2D eigenvalue weighted by molar-refractivity contribution is 6.14. The van der Waals surface area contributed by atoms with Crippen LogP contribution in [-0.2, 0) is 15.5 Å². The molecule has 3 aromatic rings. The Morgan fingerprint density at radius 2 is 1.84 bits per heavy atom. The number of nitriles is 1. The second kappa shape index (κ2) is 7.42. The molecule has 0 unspecified atom stereocenters. The SMILES string of the molecule is N#Cc1ncn(-c2ccccc2NC(=O)CN2C(=O)c3ccccc3C(F)(F)C2=O)n1. The molecule has 11 heteroatoms. The van der Waals surface area contributed by atoms with Crippen LogP contribution in [0.4, 0.5) is 14.5 Å². The van der Waals surface area contributed by atoms with Crippen LogP contribution in [0.25, 0.3) is 5.69 Å². The Hall–Kier alpha value is -4.46. The molecule has 1 aromatic heterocycles.